The van der Waals surface area contributed by atoms with Crippen LogP contribution in [0.3, 0.4) is 0 Å². The van der Waals surface area contributed by atoms with Crippen LogP contribution in [0.25, 0.3) is 0 Å². The Labute approximate surface area is 103 Å². The summed E-state index contributed by atoms with van der Waals surface area (Å²) in [6.07, 6.45) is 0. The number of hydrogen-bond donors (Lipinski definition) is 2. The average Bonchev–Trinajstić information content (AvgIpc) is 2.45. The Morgan fingerprint density at radius 1 is 1.50 bits per heavy atom. The zero-order chi connectivity index (χ0) is 12.3. The van der Waals surface area contributed by atoms with Crippen molar-refractivity contribution in [2.45, 2.75) is 11.4 Å². The molecule has 0 fully saturated rings. The summed E-state index contributed by atoms with van der Waals surface area (Å²) in [5.74, 6) is 0.550. The van der Waals surface area contributed by atoms with Crippen molar-refractivity contribution in [3.63, 3.8) is 0 Å². The zero-order valence-corrected chi connectivity index (χ0v) is 11.6. The van der Waals surface area contributed by atoms with Gasteiger partial charge in [0.15, 0.2) is 4.67 Å². The van der Waals surface area contributed by atoms with Crippen LogP contribution in [-0.2, 0) is 16.6 Å². The first-order chi connectivity index (χ1) is 7.36. The predicted octanol–water partition coefficient (Wildman–Crippen LogP) is 0.516. The number of nitrogens with zero attached hydrogens (tertiary/aromatic N) is 1. The summed E-state index contributed by atoms with van der Waals surface area (Å²) in [7, 11) is 1.37. The van der Waals surface area contributed by atoms with Gasteiger partial charge in [-0.3, -0.25) is 0 Å². The quantitative estimate of drug-likeness (QED) is 0.775. The molecule has 0 aliphatic heterocycles. The number of hydrazine groups is 1. The molecule has 0 aromatic carbocycles. The van der Waals surface area contributed by atoms with Crippen LogP contribution in [0.15, 0.2) is 20.0 Å². The van der Waals surface area contributed by atoms with Crippen molar-refractivity contribution < 1.29 is 12.8 Å². The van der Waals surface area contributed by atoms with Crippen molar-refractivity contribution >= 4 is 26.0 Å². The highest BCUT2D eigenvalue weighted by molar-refractivity contribution is 9.10. The van der Waals surface area contributed by atoms with Gasteiger partial charge in [0.25, 0.3) is 10.0 Å². The minimum atomic E-state index is -3.58. The third-order valence-corrected chi connectivity index (χ3v) is 3.99. The Balaban J connectivity index is 3.03. The van der Waals surface area contributed by atoms with Crippen molar-refractivity contribution in [3.8, 4) is 0 Å². The third-order valence-electron chi connectivity index (χ3n) is 1.65. The lowest BCUT2D eigenvalue weighted by Crippen LogP contribution is -2.36. The van der Waals surface area contributed by atoms with Gasteiger partial charge in [-0.05, 0) is 23.0 Å². The second kappa shape index (κ2) is 5.28. The maximum Gasteiger partial charge on any atom is 0.257 e. The fourth-order valence-electron chi connectivity index (χ4n) is 1.13. The number of rotatable bonds is 5. The highest BCUT2D eigenvalue weighted by Crippen LogP contribution is 2.25. The van der Waals surface area contributed by atoms with Crippen LogP contribution in [0.4, 0.5) is 0 Å². The molecular formula is C8H14BrN3O3S. The van der Waals surface area contributed by atoms with Crippen LogP contribution < -0.4 is 10.1 Å². The summed E-state index contributed by atoms with van der Waals surface area (Å²) in [5, 5.41) is 4.23. The molecule has 0 spiro atoms. The molecule has 1 rings (SSSR count). The van der Waals surface area contributed by atoms with Crippen molar-refractivity contribution in [3.05, 3.63) is 16.5 Å². The van der Waals surface area contributed by atoms with Crippen LogP contribution in [0.5, 0.6) is 0 Å². The Morgan fingerprint density at radius 2 is 2.12 bits per heavy atom. The highest BCUT2D eigenvalue weighted by atomic mass is 79.9. The number of halogens is 1. The second-order valence-electron chi connectivity index (χ2n) is 3.37. The van der Waals surface area contributed by atoms with Crippen LogP contribution in [0, 0.1) is 0 Å². The van der Waals surface area contributed by atoms with Gasteiger partial charge in [0, 0.05) is 20.2 Å². The lowest BCUT2D eigenvalue weighted by atomic mass is 10.4. The van der Waals surface area contributed by atoms with E-state index in [1.54, 1.807) is 21.1 Å². The molecule has 0 unspecified atom stereocenters. The summed E-state index contributed by atoms with van der Waals surface area (Å²) in [6.45, 7) is 0.468. The number of nitrogens with one attached hydrogen (secondary N) is 2. The van der Waals surface area contributed by atoms with E-state index in [1.807, 2.05) is 0 Å². The van der Waals surface area contributed by atoms with Crippen LogP contribution >= 0.6 is 15.9 Å². The molecule has 1 aromatic rings. The summed E-state index contributed by atoms with van der Waals surface area (Å²) in [4.78, 5) is 2.42. The summed E-state index contributed by atoms with van der Waals surface area (Å²) in [5.41, 5.74) is 0. The first kappa shape index (κ1) is 13.7. The van der Waals surface area contributed by atoms with E-state index in [1.165, 1.54) is 11.1 Å². The molecule has 0 saturated heterocycles. The molecule has 1 heterocycles. The van der Waals surface area contributed by atoms with Gasteiger partial charge >= 0.3 is 0 Å². The minimum Gasteiger partial charge on any atom is -0.452 e. The molecule has 1 aromatic heterocycles. The normalized spacial score (nSPS) is 12.3. The summed E-state index contributed by atoms with van der Waals surface area (Å²) < 4.78 is 29.1. The van der Waals surface area contributed by atoms with E-state index in [0.29, 0.717) is 12.3 Å². The maximum atomic E-state index is 11.8. The highest BCUT2D eigenvalue weighted by Gasteiger charge is 2.22. The van der Waals surface area contributed by atoms with Crippen molar-refractivity contribution in [1.82, 2.24) is 15.2 Å². The molecule has 0 atom stereocenters. The molecule has 2 N–H and O–H groups in total. The van der Waals surface area contributed by atoms with Gasteiger partial charge in [0.05, 0.1) is 6.54 Å². The van der Waals surface area contributed by atoms with E-state index < -0.39 is 10.0 Å². The lowest BCUT2D eigenvalue weighted by molar-refractivity contribution is 0.363. The monoisotopic (exact) mass is 311 g/mol. The number of sulfonamides is 1. The Bertz CT molecular complexity index is 455. The van der Waals surface area contributed by atoms with Crippen molar-refractivity contribution in [2.75, 3.05) is 21.1 Å². The molecule has 0 radical (unpaired) electrons. The molecule has 0 aliphatic carbocycles. The van der Waals surface area contributed by atoms with Gasteiger partial charge in [-0.25, -0.2) is 13.4 Å². The van der Waals surface area contributed by atoms with Gasteiger partial charge in [-0.2, -0.15) is 0 Å². The minimum absolute atomic E-state index is 0.0893. The zero-order valence-electron chi connectivity index (χ0n) is 9.24. The van der Waals surface area contributed by atoms with Gasteiger partial charge < -0.3 is 9.73 Å². The fraction of sp³-hybridized carbons (Fsp3) is 0.500. The molecule has 92 valence electrons. The molecule has 6 nitrogen and oxygen atoms in total. The Kier molecular flexibility index (Phi) is 4.51. The van der Waals surface area contributed by atoms with Gasteiger partial charge in [0.1, 0.15) is 10.7 Å². The Morgan fingerprint density at radius 3 is 2.62 bits per heavy atom. The molecule has 0 saturated carbocycles. The first-order valence-electron chi connectivity index (χ1n) is 4.49. The summed E-state index contributed by atoms with van der Waals surface area (Å²) >= 11 is 3.08. The van der Waals surface area contributed by atoms with Crippen LogP contribution in [0.1, 0.15) is 5.76 Å². The average molecular weight is 312 g/mol. The van der Waals surface area contributed by atoms with E-state index in [-0.39, 0.29) is 9.56 Å². The van der Waals surface area contributed by atoms with Gasteiger partial charge in [-0.1, -0.05) is 0 Å². The van der Waals surface area contributed by atoms with E-state index in [9.17, 15) is 8.42 Å². The number of furan rings is 1. The van der Waals surface area contributed by atoms with E-state index in [2.05, 4.69) is 26.1 Å². The number of hydrogen-bond acceptors (Lipinski definition) is 5. The molecule has 0 bridgehead atoms. The maximum absolute atomic E-state index is 11.8. The van der Waals surface area contributed by atoms with Crippen molar-refractivity contribution in [1.29, 1.82) is 0 Å². The molecule has 16 heavy (non-hydrogen) atoms. The third kappa shape index (κ3) is 3.29. The van der Waals surface area contributed by atoms with E-state index >= 15 is 0 Å². The van der Waals surface area contributed by atoms with E-state index in [0.717, 1.165) is 0 Å². The fourth-order valence-corrected chi connectivity index (χ4v) is 3.21. The first-order valence-corrected chi connectivity index (χ1v) is 6.77. The predicted molar refractivity (Wildman–Crippen MR) is 63.2 cm³/mol. The van der Waals surface area contributed by atoms with Crippen LogP contribution in [-0.4, -0.2) is 34.6 Å². The molecule has 0 aliphatic rings. The molecular weight excluding hydrogens is 298 g/mol. The lowest BCUT2D eigenvalue weighted by Gasteiger charge is -2.10. The summed E-state index contributed by atoms with van der Waals surface area (Å²) in [6, 6.07) is 1.48. The van der Waals surface area contributed by atoms with Crippen molar-refractivity contribution in [2.24, 2.45) is 0 Å². The molecule has 0 amide bonds. The largest absolute Gasteiger partial charge is 0.452 e. The topological polar surface area (TPSA) is 74.6 Å². The standard InChI is InChI=1S/C8H14BrN3O3S/c1-10-5-6-4-7(8(9)15-6)16(13,14)11-12(2)3/h4,10-11H,5H2,1-3H3. The smallest absolute Gasteiger partial charge is 0.257 e. The van der Waals surface area contributed by atoms with E-state index in [4.69, 9.17) is 4.42 Å². The van der Waals surface area contributed by atoms with Gasteiger partial charge in [-0.15, -0.1) is 4.83 Å². The SMILES string of the molecule is CNCc1cc(S(=O)(=O)NN(C)C)c(Br)o1. The van der Waals surface area contributed by atoms with Crippen LogP contribution in [0.2, 0.25) is 0 Å². The van der Waals surface area contributed by atoms with Gasteiger partial charge in [0.2, 0.25) is 0 Å². The second-order valence-corrected chi connectivity index (χ2v) is 5.72. The molecule has 8 heteroatoms. The Hall–Kier alpha value is -0.410.